The minimum Gasteiger partial charge on any atom is -0.330 e. The van der Waals surface area contributed by atoms with Gasteiger partial charge in [-0.3, -0.25) is 14.6 Å². The van der Waals surface area contributed by atoms with Gasteiger partial charge in [0.05, 0.1) is 0 Å². The summed E-state index contributed by atoms with van der Waals surface area (Å²) in [6.45, 7) is 11.7. The number of piperidine rings is 2. The minimum absolute atomic E-state index is 0.160. The van der Waals surface area contributed by atoms with Gasteiger partial charge in [0.15, 0.2) is 0 Å². The number of hydrogen-bond acceptors (Lipinski definition) is 4. The van der Waals surface area contributed by atoms with E-state index in [-0.39, 0.29) is 11.7 Å². The van der Waals surface area contributed by atoms with Crippen molar-refractivity contribution in [1.29, 1.82) is 0 Å². The maximum atomic E-state index is 13.7. The second-order valence-electron chi connectivity index (χ2n) is 13.8. The van der Waals surface area contributed by atoms with Gasteiger partial charge in [-0.15, -0.1) is 0 Å². The van der Waals surface area contributed by atoms with Crippen molar-refractivity contribution in [1.82, 2.24) is 20.0 Å². The van der Waals surface area contributed by atoms with Crippen LogP contribution in [0.1, 0.15) is 79.4 Å². The van der Waals surface area contributed by atoms with Crippen LogP contribution in [0.15, 0.2) is 48.0 Å². The van der Waals surface area contributed by atoms with E-state index in [4.69, 9.17) is 0 Å². The van der Waals surface area contributed by atoms with Crippen LogP contribution in [-0.4, -0.2) is 71.5 Å². The van der Waals surface area contributed by atoms with Crippen LogP contribution in [0.25, 0.3) is 5.57 Å². The number of rotatable bonds is 6. The summed E-state index contributed by atoms with van der Waals surface area (Å²) >= 11 is 0. The highest BCUT2D eigenvalue weighted by molar-refractivity contribution is 5.98. The summed E-state index contributed by atoms with van der Waals surface area (Å²) in [5, 5.41) is 3.46. The quantitative estimate of drug-likeness (QED) is 0.527. The number of carbonyl (C=O) groups is 1. The third-order valence-corrected chi connectivity index (χ3v) is 10.3. The van der Waals surface area contributed by atoms with E-state index in [0.29, 0.717) is 23.5 Å². The van der Waals surface area contributed by atoms with Crippen molar-refractivity contribution < 1.29 is 9.18 Å². The van der Waals surface area contributed by atoms with Crippen molar-refractivity contribution in [2.45, 2.75) is 83.6 Å². The second kappa shape index (κ2) is 10.4. The topological polar surface area (TPSA) is 38.8 Å². The molecule has 40 heavy (non-hydrogen) atoms. The molecule has 0 aromatic heterocycles. The molecule has 4 saturated heterocycles. The number of allylic oxidation sites excluding steroid dienone is 1. The van der Waals surface area contributed by atoms with Gasteiger partial charge in [0.25, 0.3) is 5.91 Å². The van der Waals surface area contributed by atoms with E-state index in [9.17, 15) is 9.18 Å². The Bertz CT molecular complexity index is 1300. The molecule has 2 aromatic rings. The van der Waals surface area contributed by atoms with E-state index < -0.39 is 0 Å². The summed E-state index contributed by atoms with van der Waals surface area (Å²) in [7, 11) is 0. The summed E-state index contributed by atoms with van der Waals surface area (Å²) in [5.41, 5.74) is 7.95. The Hall–Kier alpha value is -2.54. The van der Waals surface area contributed by atoms with Gasteiger partial charge in [0.1, 0.15) is 5.82 Å². The highest BCUT2D eigenvalue weighted by Gasteiger charge is 2.45. The predicted molar refractivity (Wildman–Crippen MR) is 157 cm³/mol. The smallest absolute Gasteiger partial charge is 0.254 e. The van der Waals surface area contributed by atoms with E-state index in [1.807, 2.05) is 12.1 Å². The molecule has 3 atom stereocenters. The van der Waals surface area contributed by atoms with Gasteiger partial charge >= 0.3 is 0 Å². The Morgan fingerprint density at radius 1 is 1.02 bits per heavy atom. The number of fused-ring (bicyclic) bond motifs is 3. The third-order valence-electron chi connectivity index (χ3n) is 10.3. The van der Waals surface area contributed by atoms with Gasteiger partial charge in [-0.05, 0) is 90.9 Å². The highest BCUT2D eigenvalue weighted by atomic mass is 19.1. The molecule has 0 radical (unpaired) electrons. The average molecular weight is 543 g/mol. The number of nitrogens with one attached hydrogen (secondary N) is 1. The molecular formula is C34H43FN4O. The van der Waals surface area contributed by atoms with Gasteiger partial charge in [0, 0.05) is 63.0 Å². The molecule has 4 fully saturated rings. The monoisotopic (exact) mass is 542 g/mol. The summed E-state index contributed by atoms with van der Waals surface area (Å²) in [4.78, 5) is 20.5. The highest BCUT2D eigenvalue weighted by Crippen LogP contribution is 2.45. The van der Waals surface area contributed by atoms with Crippen LogP contribution in [0.2, 0.25) is 0 Å². The SMILES string of the molecule is CC1(C)CCC(CN2C3CC2CN(Cc2ccc4c(c2)CN(C2CCCNC2)C4=O)C3)=C(c2ccc(F)cc2)C1. The number of amides is 1. The zero-order valence-electron chi connectivity index (χ0n) is 24.1. The average Bonchev–Trinajstić information content (AvgIpc) is 3.28. The lowest BCUT2D eigenvalue weighted by molar-refractivity contribution is -0.0660. The van der Waals surface area contributed by atoms with E-state index in [0.717, 1.165) is 77.1 Å². The largest absolute Gasteiger partial charge is 0.330 e. The number of halogens is 1. The number of carbonyl (C=O) groups excluding carboxylic acids is 1. The Morgan fingerprint density at radius 3 is 2.58 bits per heavy atom. The van der Waals surface area contributed by atoms with Crippen molar-refractivity contribution in [3.8, 4) is 0 Å². The Balaban J connectivity index is 1.00. The molecule has 0 saturated carbocycles. The molecule has 6 aliphatic rings. The van der Waals surface area contributed by atoms with Crippen LogP contribution in [0.4, 0.5) is 4.39 Å². The van der Waals surface area contributed by atoms with E-state index in [1.54, 1.807) is 17.7 Å². The number of nitrogens with zero attached hydrogens (tertiary/aromatic N) is 3. The van der Waals surface area contributed by atoms with Crippen molar-refractivity contribution in [2.75, 3.05) is 32.7 Å². The first-order valence-electron chi connectivity index (χ1n) is 15.4. The molecule has 1 aliphatic carbocycles. The summed E-state index contributed by atoms with van der Waals surface area (Å²) in [5.74, 6) is 0.0534. The van der Waals surface area contributed by atoms with E-state index >= 15 is 0 Å². The molecule has 2 bridgehead atoms. The lowest BCUT2D eigenvalue weighted by Gasteiger charge is -2.57. The minimum atomic E-state index is -0.160. The normalized spacial score (nSPS) is 28.5. The standard InChI is InChI=1S/C34H43FN4O/c1-34(2)12-11-25(32(16-34)24-6-8-27(35)9-7-24)19-38-29-15-30(38)22-37(21-29)18-23-5-10-31-26(14-23)20-39(33(31)40)28-4-3-13-36-17-28/h5-10,14,28-30,36H,3-4,11-13,15-22H2,1-2H3. The fourth-order valence-corrected chi connectivity index (χ4v) is 7.99. The zero-order valence-corrected chi connectivity index (χ0v) is 24.1. The molecule has 2 aromatic carbocycles. The summed E-state index contributed by atoms with van der Waals surface area (Å²) in [6, 6.07) is 15.3. The molecule has 5 aliphatic heterocycles. The lowest BCUT2D eigenvalue weighted by atomic mass is 9.72. The molecule has 1 N–H and O–H groups in total. The summed E-state index contributed by atoms with van der Waals surface area (Å²) < 4.78 is 13.7. The predicted octanol–water partition coefficient (Wildman–Crippen LogP) is 5.46. The number of piperazine rings is 1. The molecule has 3 unspecified atom stereocenters. The molecule has 0 spiro atoms. The van der Waals surface area contributed by atoms with Crippen molar-refractivity contribution in [2.24, 2.45) is 5.41 Å². The van der Waals surface area contributed by atoms with Crippen LogP contribution < -0.4 is 5.32 Å². The van der Waals surface area contributed by atoms with Gasteiger partial charge in [-0.2, -0.15) is 0 Å². The van der Waals surface area contributed by atoms with Crippen molar-refractivity contribution >= 4 is 11.5 Å². The molecule has 6 heteroatoms. The fraction of sp³-hybridized carbons (Fsp3) is 0.559. The molecule has 212 valence electrons. The summed E-state index contributed by atoms with van der Waals surface area (Å²) in [6.07, 6.45) is 6.97. The third kappa shape index (κ3) is 5.03. The van der Waals surface area contributed by atoms with E-state index in [2.05, 4.69) is 52.1 Å². The first-order chi connectivity index (χ1) is 19.3. The molecule has 5 nitrogen and oxygen atoms in total. The second-order valence-corrected chi connectivity index (χ2v) is 13.8. The van der Waals surface area contributed by atoms with Gasteiger partial charge in [-0.25, -0.2) is 4.39 Å². The molecule has 1 amide bonds. The van der Waals surface area contributed by atoms with Gasteiger partial charge in [-0.1, -0.05) is 43.7 Å². The van der Waals surface area contributed by atoms with Gasteiger partial charge < -0.3 is 10.2 Å². The van der Waals surface area contributed by atoms with Crippen molar-refractivity contribution in [3.05, 3.63) is 76.1 Å². The van der Waals surface area contributed by atoms with E-state index in [1.165, 1.54) is 35.1 Å². The maximum absolute atomic E-state index is 13.7. The van der Waals surface area contributed by atoms with Crippen LogP contribution in [0, 0.1) is 11.2 Å². The van der Waals surface area contributed by atoms with Gasteiger partial charge in [0.2, 0.25) is 0 Å². The Kier molecular flexibility index (Phi) is 6.84. The number of benzene rings is 2. The zero-order chi connectivity index (χ0) is 27.4. The van der Waals surface area contributed by atoms with Crippen LogP contribution >= 0.6 is 0 Å². The van der Waals surface area contributed by atoms with Crippen LogP contribution in [-0.2, 0) is 13.1 Å². The lowest BCUT2D eigenvalue weighted by Crippen LogP contribution is -2.68. The molecule has 5 heterocycles. The fourth-order valence-electron chi connectivity index (χ4n) is 7.99. The first-order valence-corrected chi connectivity index (χ1v) is 15.4. The Morgan fingerprint density at radius 2 is 1.82 bits per heavy atom. The van der Waals surface area contributed by atoms with Crippen LogP contribution in [0.5, 0.6) is 0 Å². The van der Waals surface area contributed by atoms with Crippen LogP contribution in [0.3, 0.4) is 0 Å². The van der Waals surface area contributed by atoms with Crippen molar-refractivity contribution in [3.63, 3.8) is 0 Å². The first kappa shape index (κ1) is 26.4. The molecule has 8 rings (SSSR count). The Labute approximate surface area is 238 Å². The maximum Gasteiger partial charge on any atom is 0.254 e. The number of hydrogen-bond donors (Lipinski definition) is 1. The molecular weight excluding hydrogens is 499 g/mol.